The van der Waals surface area contributed by atoms with Crippen LogP contribution in [0, 0.1) is 11.3 Å². The Morgan fingerprint density at radius 1 is 1.00 bits per heavy atom. The Hall–Kier alpha value is -3.58. The van der Waals surface area contributed by atoms with Gasteiger partial charge in [-0.3, -0.25) is 4.79 Å². The summed E-state index contributed by atoms with van der Waals surface area (Å²) >= 11 is 0. The number of nitrogens with zero attached hydrogens (tertiary/aromatic N) is 2. The zero-order chi connectivity index (χ0) is 19.3. The molecule has 0 unspecified atom stereocenters. The highest BCUT2D eigenvalue weighted by Gasteiger charge is 2.18. The van der Waals surface area contributed by atoms with Crippen molar-refractivity contribution in [2.24, 2.45) is 0 Å². The van der Waals surface area contributed by atoms with E-state index in [0.29, 0.717) is 19.5 Å². The van der Waals surface area contributed by atoms with Crippen LogP contribution >= 0.6 is 0 Å². The summed E-state index contributed by atoms with van der Waals surface area (Å²) in [5.41, 5.74) is 2.72. The third kappa shape index (κ3) is 3.60. The molecule has 1 heterocycles. The zero-order valence-corrected chi connectivity index (χ0v) is 15.5. The molecule has 0 aliphatic heterocycles. The quantitative estimate of drug-likeness (QED) is 0.477. The number of carbonyl (C=O) groups excluding carboxylic acids is 1. The van der Waals surface area contributed by atoms with Crippen molar-refractivity contribution in [2.75, 3.05) is 6.54 Å². The minimum atomic E-state index is -0.00487. The molecule has 1 aromatic heterocycles. The summed E-state index contributed by atoms with van der Waals surface area (Å²) in [7, 11) is 0. The zero-order valence-electron chi connectivity index (χ0n) is 15.5. The first-order valence-electron chi connectivity index (χ1n) is 9.33. The lowest BCUT2D eigenvalue weighted by Gasteiger charge is -2.21. The van der Waals surface area contributed by atoms with Gasteiger partial charge in [0.15, 0.2) is 0 Å². The van der Waals surface area contributed by atoms with Crippen LogP contribution in [-0.2, 0) is 17.8 Å². The topological polar surface area (TPSA) is 57.2 Å². The van der Waals surface area contributed by atoms with E-state index >= 15 is 0 Å². The van der Waals surface area contributed by atoms with Gasteiger partial charge in [-0.15, -0.1) is 0 Å². The maximum Gasteiger partial charge on any atom is 0.227 e. The normalized spacial score (nSPS) is 10.8. The van der Waals surface area contributed by atoms with Crippen LogP contribution in [0.4, 0.5) is 0 Å². The van der Waals surface area contributed by atoms with Crippen molar-refractivity contribution in [3.8, 4) is 6.07 Å². The summed E-state index contributed by atoms with van der Waals surface area (Å²) in [6, 6.07) is 24.1. The minimum absolute atomic E-state index is 0.00487. The van der Waals surface area contributed by atoms with Crippen LogP contribution in [0.3, 0.4) is 0 Å². The van der Waals surface area contributed by atoms with Gasteiger partial charge < -0.3 is 9.32 Å². The molecule has 0 fully saturated rings. The number of furan rings is 1. The Bertz CT molecular complexity index is 1160. The molecule has 4 nitrogen and oxygen atoms in total. The molecule has 0 N–H and O–H groups in total. The van der Waals surface area contributed by atoms with Gasteiger partial charge in [0.1, 0.15) is 5.58 Å². The second-order valence-corrected chi connectivity index (χ2v) is 6.81. The first kappa shape index (κ1) is 17.8. The van der Waals surface area contributed by atoms with E-state index in [1.165, 1.54) is 0 Å². The van der Waals surface area contributed by atoms with E-state index < -0.39 is 0 Å². The summed E-state index contributed by atoms with van der Waals surface area (Å²) in [5.74, 6) is -0.00487. The van der Waals surface area contributed by atoms with Crippen molar-refractivity contribution in [3.63, 3.8) is 0 Å². The van der Waals surface area contributed by atoms with E-state index in [-0.39, 0.29) is 12.3 Å². The maximum absolute atomic E-state index is 13.1. The molecular weight excluding hydrogens is 348 g/mol. The molecule has 4 rings (SSSR count). The number of amides is 1. The second kappa shape index (κ2) is 7.98. The molecule has 0 aliphatic rings. The molecular formula is C24H20N2O2. The number of hydrogen-bond acceptors (Lipinski definition) is 3. The van der Waals surface area contributed by atoms with Crippen molar-refractivity contribution in [3.05, 3.63) is 84.1 Å². The molecule has 0 saturated heterocycles. The summed E-state index contributed by atoms with van der Waals surface area (Å²) in [6.45, 7) is 0.915. The van der Waals surface area contributed by atoms with Crippen molar-refractivity contribution in [1.29, 1.82) is 5.26 Å². The summed E-state index contributed by atoms with van der Waals surface area (Å²) in [4.78, 5) is 14.8. The number of rotatable bonds is 6. The van der Waals surface area contributed by atoms with Gasteiger partial charge in [-0.1, -0.05) is 60.7 Å². The molecule has 138 valence electrons. The highest BCUT2D eigenvalue weighted by molar-refractivity contribution is 6.08. The van der Waals surface area contributed by atoms with Gasteiger partial charge in [0.25, 0.3) is 0 Å². The van der Waals surface area contributed by atoms with Crippen LogP contribution in [0.5, 0.6) is 0 Å². The Morgan fingerprint density at radius 2 is 1.79 bits per heavy atom. The monoisotopic (exact) mass is 368 g/mol. The molecule has 3 aromatic carbocycles. The molecule has 0 atom stereocenters. The van der Waals surface area contributed by atoms with Gasteiger partial charge in [0.05, 0.1) is 25.2 Å². The average Bonchev–Trinajstić information content (AvgIpc) is 3.15. The van der Waals surface area contributed by atoms with E-state index in [1.807, 2.05) is 54.6 Å². The second-order valence-electron chi connectivity index (χ2n) is 6.81. The highest BCUT2D eigenvalue weighted by atomic mass is 16.3. The van der Waals surface area contributed by atoms with Gasteiger partial charge in [0, 0.05) is 24.0 Å². The Kier molecular flexibility index (Phi) is 5.07. The Morgan fingerprint density at radius 3 is 2.61 bits per heavy atom. The van der Waals surface area contributed by atoms with Crippen LogP contribution < -0.4 is 0 Å². The Balaban J connectivity index is 1.63. The fraction of sp³-hybridized carbons (Fsp3) is 0.167. The van der Waals surface area contributed by atoms with E-state index in [9.17, 15) is 4.79 Å². The first-order chi connectivity index (χ1) is 13.8. The van der Waals surface area contributed by atoms with Crippen LogP contribution in [0.2, 0.25) is 0 Å². The van der Waals surface area contributed by atoms with Crippen LogP contribution in [-0.4, -0.2) is 17.4 Å². The predicted octanol–water partition coefficient (Wildman–Crippen LogP) is 5.07. The summed E-state index contributed by atoms with van der Waals surface area (Å²) in [6.07, 6.45) is 2.24. The molecule has 28 heavy (non-hydrogen) atoms. The highest BCUT2D eigenvalue weighted by Crippen LogP contribution is 2.30. The lowest BCUT2D eigenvalue weighted by atomic mass is 10.0. The van der Waals surface area contributed by atoms with Crippen molar-refractivity contribution in [1.82, 2.24) is 4.90 Å². The summed E-state index contributed by atoms with van der Waals surface area (Å²) in [5, 5.41) is 12.2. The number of hydrogen-bond donors (Lipinski definition) is 0. The van der Waals surface area contributed by atoms with Crippen LogP contribution in [0.1, 0.15) is 17.5 Å². The van der Waals surface area contributed by atoms with Crippen molar-refractivity contribution in [2.45, 2.75) is 19.4 Å². The van der Waals surface area contributed by atoms with Gasteiger partial charge in [-0.05, 0) is 22.4 Å². The lowest BCUT2D eigenvalue weighted by molar-refractivity contribution is -0.131. The van der Waals surface area contributed by atoms with Crippen LogP contribution in [0.15, 0.2) is 77.4 Å². The van der Waals surface area contributed by atoms with E-state index in [2.05, 4.69) is 18.2 Å². The molecule has 0 saturated carbocycles. The summed E-state index contributed by atoms with van der Waals surface area (Å²) < 4.78 is 5.71. The third-order valence-electron chi connectivity index (χ3n) is 4.94. The Labute approximate surface area is 163 Å². The predicted molar refractivity (Wildman–Crippen MR) is 110 cm³/mol. The fourth-order valence-electron chi connectivity index (χ4n) is 3.56. The molecule has 0 spiro atoms. The molecule has 0 bridgehead atoms. The van der Waals surface area contributed by atoms with Gasteiger partial charge >= 0.3 is 0 Å². The SMILES string of the molecule is N#CCCN(Cc1ccccc1)C(=O)Cc1coc2ccc3ccccc3c12. The van der Waals surface area contributed by atoms with Gasteiger partial charge in [-0.2, -0.15) is 5.26 Å². The molecule has 4 heteroatoms. The number of benzene rings is 3. The van der Waals surface area contributed by atoms with E-state index in [1.54, 1.807) is 11.2 Å². The molecule has 4 aromatic rings. The van der Waals surface area contributed by atoms with Gasteiger partial charge in [0.2, 0.25) is 5.91 Å². The van der Waals surface area contributed by atoms with E-state index in [0.717, 1.165) is 32.9 Å². The first-order valence-corrected chi connectivity index (χ1v) is 9.33. The number of nitriles is 1. The van der Waals surface area contributed by atoms with Crippen molar-refractivity contribution >= 4 is 27.6 Å². The van der Waals surface area contributed by atoms with Crippen LogP contribution in [0.25, 0.3) is 21.7 Å². The average molecular weight is 368 g/mol. The minimum Gasteiger partial charge on any atom is -0.464 e. The molecule has 0 aliphatic carbocycles. The maximum atomic E-state index is 13.1. The molecule has 0 radical (unpaired) electrons. The largest absolute Gasteiger partial charge is 0.464 e. The molecule has 1 amide bonds. The number of fused-ring (bicyclic) bond motifs is 3. The number of carbonyl (C=O) groups is 1. The standard InChI is InChI=1S/C24H20N2O2/c25-13-6-14-26(16-18-7-2-1-3-8-18)23(27)15-20-17-28-22-12-11-19-9-4-5-10-21(19)24(20)22/h1-5,7-12,17H,6,14-16H2. The smallest absolute Gasteiger partial charge is 0.227 e. The lowest BCUT2D eigenvalue weighted by Crippen LogP contribution is -2.32. The van der Waals surface area contributed by atoms with E-state index in [4.69, 9.17) is 9.68 Å². The van der Waals surface area contributed by atoms with Gasteiger partial charge in [-0.25, -0.2) is 0 Å². The third-order valence-corrected chi connectivity index (χ3v) is 4.94. The van der Waals surface area contributed by atoms with Crippen molar-refractivity contribution < 1.29 is 9.21 Å². The fourth-order valence-corrected chi connectivity index (χ4v) is 3.56.